The Kier molecular flexibility index (Phi) is 5.53. The molecule has 2 aromatic rings. The van der Waals surface area contributed by atoms with E-state index in [1.54, 1.807) is 0 Å². The molecule has 0 fully saturated rings. The van der Waals surface area contributed by atoms with E-state index in [2.05, 4.69) is 39.5 Å². The number of hydrogen-bond donors (Lipinski definition) is 1. The van der Waals surface area contributed by atoms with E-state index in [4.69, 9.17) is 4.98 Å². The second-order valence-corrected chi connectivity index (χ2v) is 5.23. The van der Waals surface area contributed by atoms with E-state index in [-0.39, 0.29) is 12.4 Å². The first-order valence-corrected chi connectivity index (χ1v) is 7.13. The third-order valence-electron chi connectivity index (χ3n) is 3.66. The van der Waals surface area contributed by atoms with Gasteiger partial charge in [0.05, 0.1) is 5.69 Å². The van der Waals surface area contributed by atoms with Crippen molar-refractivity contribution in [3.8, 4) is 0 Å². The predicted octanol–water partition coefficient (Wildman–Crippen LogP) is 2.22. The zero-order chi connectivity index (χ0) is 13.8. The number of benzene rings is 1. The minimum Gasteiger partial charge on any atom is -0.340 e. The number of hydrogen-bond acceptors (Lipinski definition) is 4. The Labute approximate surface area is 132 Å². The molecule has 112 valence electrons. The van der Waals surface area contributed by atoms with Gasteiger partial charge in [-0.1, -0.05) is 30.3 Å². The summed E-state index contributed by atoms with van der Waals surface area (Å²) in [4.78, 5) is 11.4. The summed E-state index contributed by atoms with van der Waals surface area (Å²) in [7, 11) is 2.05. The molecule has 0 spiro atoms. The Hall–Kier alpha value is -1.65. The molecule has 0 unspecified atom stereocenters. The van der Waals surface area contributed by atoms with Crippen LogP contribution in [0.3, 0.4) is 0 Å². The zero-order valence-corrected chi connectivity index (χ0v) is 13.1. The Balaban J connectivity index is 0.00000161. The summed E-state index contributed by atoms with van der Waals surface area (Å²) in [5.74, 6) is 0.814. The summed E-state index contributed by atoms with van der Waals surface area (Å²) in [6.45, 7) is 2.86. The predicted molar refractivity (Wildman–Crippen MR) is 88.1 cm³/mol. The van der Waals surface area contributed by atoms with Crippen molar-refractivity contribution < 1.29 is 0 Å². The van der Waals surface area contributed by atoms with Gasteiger partial charge in [-0.3, -0.25) is 0 Å². The second-order valence-electron chi connectivity index (χ2n) is 5.23. The highest BCUT2D eigenvalue weighted by molar-refractivity contribution is 5.85. The molecule has 0 amide bonds. The molecule has 1 aliphatic rings. The van der Waals surface area contributed by atoms with Crippen LogP contribution in [0, 0.1) is 0 Å². The number of anilines is 1. The normalized spacial score (nSPS) is 13.8. The molecule has 0 aliphatic carbocycles. The molecule has 4 nitrogen and oxygen atoms in total. The van der Waals surface area contributed by atoms with Gasteiger partial charge in [-0.15, -0.1) is 12.4 Å². The number of halogens is 1. The van der Waals surface area contributed by atoms with Crippen molar-refractivity contribution in [2.75, 3.05) is 25.0 Å². The van der Waals surface area contributed by atoms with Crippen LogP contribution in [-0.2, 0) is 19.4 Å². The molecule has 0 bridgehead atoms. The quantitative estimate of drug-likeness (QED) is 0.944. The Bertz CT molecular complexity index is 574. The lowest BCUT2D eigenvalue weighted by Gasteiger charge is -2.18. The van der Waals surface area contributed by atoms with Gasteiger partial charge in [0.25, 0.3) is 0 Å². The molecular weight excluding hydrogens is 284 g/mol. The molecule has 1 aromatic heterocycles. The SMILES string of the molecule is CN(Cc1ccccc1)c1ncc2c(n1)CCNCC2.Cl. The van der Waals surface area contributed by atoms with Crippen LogP contribution < -0.4 is 10.2 Å². The molecule has 1 aliphatic heterocycles. The molecule has 21 heavy (non-hydrogen) atoms. The van der Waals surface area contributed by atoms with Gasteiger partial charge < -0.3 is 10.2 Å². The maximum Gasteiger partial charge on any atom is 0.225 e. The van der Waals surface area contributed by atoms with Crippen LogP contribution in [0.25, 0.3) is 0 Å². The molecule has 1 N–H and O–H groups in total. The molecule has 0 saturated heterocycles. The van der Waals surface area contributed by atoms with Crippen molar-refractivity contribution >= 4 is 18.4 Å². The van der Waals surface area contributed by atoms with Crippen molar-refractivity contribution in [3.05, 3.63) is 53.3 Å². The van der Waals surface area contributed by atoms with E-state index >= 15 is 0 Å². The monoisotopic (exact) mass is 304 g/mol. The fourth-order valence-corrected chi connectivity index (χ4v) is 2.52. The number of aromatic nitrogens is 2. The molecule has 0 atom stereocenters. The van der Waals surface area contributed by atoms with Crippen molar-refractivity contribution in [1.29, 1.82) is 0 Å². The summed E-state index contributed by atoms with van der Waals surface area (Å²) in [6, 6.07) is 10.4. The van der Waals surface area contributed by atoms with Crippen LogP contribution in [0.1, 0.15) is 16.8 Å². The molecule has 5 heteroatoms. The first-order valence-electron chi connectivity index (χ1n) is 7.13. The smallest absolute Gasteiger partial charge is 0.225 e. The van der Waals surface area contributed by atoms with Gasteiger partial charge in [0.2, 0.25) is 5.95 Å². The van der Waals surface area contributed by atoms with Crippen LogP contribution in [0.4, 0.5) is 5.95 Å². The van der Waals surface area contributed by atoms with Gasteiger partial charge in [-0.25, -0.2) is 9.97 Å². The summed E-state index contributed by atoms with van der Waals surface area (Å²) >= 11 is 0. The lowest BCUT2D eigenvalue weighted by molar-refractivity contribution is 0.708. The van der Waals surface area contributed by atoms with Gasteiger partial charge in [-0.2, -0.15) is 0 Å². The van der Waals surface area contributed by atoms with Gasteiger partial charge in [0.15, 0.2) is 0 Å². The number of nitrogens with one attached hydrogen (secondary N) is 1. The number of fused-ring (bicyclic) bond motifs is 1. The van der Waals surface area contributed by atoms with Crippen LogP contribution in [0.15, 0.2) is 36.5 Å². The third-order valence-corrected chi connectivity index (χ3v) is 3.66. The Morgan fingerprint density at radius 1 is 1.14 bits per heavy atom. The number of nitrogens with zero attached hydrogens (tertiary/aromatic N) is 3. The maximum atomic E-state index is 4.74. The van der Waals surface area contributed by atoms with Gasteiger partial charge in [0.1, 0.15) is 0 Å². The van der Waals surface area contributed by atoms with Crippen molar-refractivity contribution in [3.63, 3.8) is 0 Å². The summed E-state index contributed by atoms with van der Waals surface area (Å²) in [5, 5.41) is 3.40. The van der Waals surface area contributed by atoms with E-state index in [0.29, 0.717) is 0 Å². The van der Waals surface area contributed by atoms with Crippen LogP contribution in [0.2, 0.25) is 0 Å². The van der Waals surface area contributed by atoms with E-state index in [1.165, 1.54) is 16.8 Å². The standard InChI is InChI=1S/C16H20N4.ClH/c1-20(12-13-5-3-2-4-6-13)16-18-11-14-7-9-17-10-8-15(14)19-16;/h2-6,11,17H,7-10,12H2,1H3;1H. The summed E-state index contributed by atoms with van der Waals surface area (Å²) < 4.78 is 0. The molecule has 3 rings (SSSR count). The minimum absolute atomic E-state index is 0. The Morgan fingerprint density at radius 2 is 1.90 bits per heavy atom. The zero-order valence-electron chi connectivity index (χ0n) is 12.2. The highest BCUT2D eigenvalue weighted by atomic mass is 35.5. The van der Waals surface area contributed by atoms with Crippen molar-refractivity contribution in [2.24, 2.45) is 0 Å². The highest BCUT2D eigenvalue weighted by Gasteiger charge is 2.12. The van der Waals surface area contributed by atoms with Gasteiger partial charge in [0, 0.05) is 32.8 Å². The van der Waals surface area contributed by atoms with Gasteiger partial charge >= 0.3 is 0 Å². The fourth-order valence-electron chi connectivity index (χ4n) is 2.52. The number of rotatable bonds is 3. The van der Waals surface area contributed by atoms with E-state index < -0.39 is 0 Å². The van der Waals surface area contributed by atoms with Crippen LogP contribution >= 0.6 is 12.4 Å². The molecular formula is C16H21ClN4. The summed E-state index contributed by atoms with van der Waals surface area (Å²) in [5.41, 5.74) is 3.75. The van der Waals surface area contributed by atoms with Crippen LogP contribution in [0.5, 0.6) is 0 Å². The molecule has 2 heterocycles. The average molecular weight is 305 g/mol. The van der Waals surface area contributed by atoms with E-state index in [1.807, 2.05) is 19.3 Å². The molecule has 1 aromatic carbocycles. The highest BCUT2D eigenvalue weighted by Crippen LogP contribution is 2.15. The second kappa shape index (κ2) is 7.38. The van der Waals surface area contributed by atoms with E-state index in [9.17, 15) is 0 Å². The molecule has 0 radical (unpaired) electrons. The summed E-state index contributed by atoms with van der Waals surface area (Å²) in [6.07, 6.45) is 4.01. The largest absolute Gasteiger partial charge is 0.340 e. The lowest BCUT2D eigenvalue weighted by Crippen LogP contribution is -2.20. The van der Waals surface area contributed by atoms with E-state index in [0.717, 1.165) is 38.4 Å². The first-order chi connectivity index (χ1) is 9.83. The minimum atomic E-state index is 0. The van der Waals surface area contributed by atoms with Crippen molar-refractivity contribution in [2.45, 2.75) is 19.4 Å². The average Bonchev–Trinajstić information content (AvgIpc) is 2.72. The third kappa shape index (κ3) is 3.93. The lowest BCUT2D eigenvalue weighted by atomic mass is 10.1. The Morgan fingerprint density at radius 3 is 2.71 bits per heavy atom. The maximum absolute atomic E-state index is 4.74. The topological polar surface area (TPSA) is 41.1 Å². The van der Waals surface area contributed by atoms with Crippen LogP contribution in [-0.4, -0.2) is 30.1 Å². The molecule has 0 saturated carbocycles. The fraction of sp³-hybridized carbons (Fsp3) is 0.375. The first kappa shape index (κ1) is 15.7. The van der Waals surface area contributed by atoms with Crippen molar-refractivity contribution in [1.82, 2.24) is 15.3 Å². The van der Waals surface area contributed by atoms with Gasteiger partial charge in [-0.05, 0) is 24.1 Å².